The molecule has 0 aliphatic carbocycles. The molecule has 1 atom stereocenters. The smallest absolute Gasteiger partial charge is 0.225 e. The highest BCUT2D eigenvalue weighted by molar-refractivity contribution is 5.77. The Hall–Kier alpha value is -2.82. The number of carbonyl (C=O) groups excluding carboxylic acids is 1. The van der Waals surface area contributed by atoms with Gasteiger partial charge < -0.3 is 14.0 Å². The molecule has 0 saturated carbocycles. The minimum Gasteiger partial charge on any atom is -0.354 e. The van der Waals surface area contributed by atoms with Crippen molar-refractivity contribution in [1.82, 2.24) is 19.0 Å². The minimum atomic E-state index is 0.0216. The van der Waals surface area contributed by atoms with Crippen LogP contribution in [0.2, 0.25) is 0 Å². The summed E-state index contributed by atoms with van der Waals surface area (Å²) in [7, 11) is 0. The Bertz CT molecular complexity index is 896. The monoisotopic (exact) mass is 362 g/mol. The number of imidazole rings is 1. The summed E-state index contributed by atoms with van der Waals surface area (Å²) in [6.45, 7) is 6.70. The fourth-order valence-electron chi connectivity index (χ4n) is 4.02. The Kier molecular flexibility index (Phi) is 4.60. The van der Waals surface area contributed by atoms with Crippen LogP contribution in [0.4, 0.5) is 0 Å². The van der Waals surface area contributed by atoms with Gasteiger partial charge in [-0.1, -0.05) is 44.2 Å². The molecule has 1 fully saturated rings. The maximum atomic E-state index is 12.9. The fraction of sp³-hybridized carbons (Fsp3) is 0.364. The van der Waals surface area contributed by atoms with Gasteiger partial charge in [0.05, 0.1) is 6.04 Å². The Labute approximate surface area is 160 Å². The number of hydrogen-bond acceptors (Lipinski definition) is 2. The molecule has 1 aliphatic rings. The Morgan fingerprint density at radius 2 is 1.85 bits per heavy atom. The van der Waals surface area contributed by atoms with Crippen molar-refractivity contribution in [1.29, 1.82) is 0 Å². The minimum absolute atomic E-state index is 0.0216. The number of nitrogens with zero attached hydrogens (tertiary/aromatic N) is 4. The molecule has 5 nitrogen and oxygen atoms in total. The van der Waals surface area contributed by atoms with E-state index in [9.17, 15) is 4.79 Å². The first-order valence-electron chi connectivity index (χ1n) is 9.50. The average Bonchev–Trinajstić information content (AvgIpc) is 3.31. The first kappa shape index (κ1) is 17.6. The summed E-state index contributed by atoms with van der Waals surface area (Å²) in [4.78, 5) is 19.5. The van der Waals surface area contributed by atoms with E-state index in [0.29, 0.717) is 13.0 Å². The Morgan fingerprint density at radius 1 is 1.11 bits per heavy atom. The first-order chi connectivity index (χ1) is 13.0. The number of hydrogen-bond donors (Lipinski definition) is 0. The van der Waals surface area contributed by atoms with E-state index in [0.717, 1.165) is 18.9 Å². The third kappa shape index (κ3) is 3.54. The zero-order valence-electron chi connectivity index (χ0n) is 16.0. The molecule has 140 valence electrons. The van der Waals surface area contributed by atoms with Crippen LogP contribution in [-0.4, -0.2) is 31.5 Å². The summed E-state index contributed by atoms with van der Waals surface area (Å²) in [6, 6.07) is 14.4. The summed E-state index contributed by atoms with van der Waals surface area (Å²) >= 11 is 0. The zero-order chi connectivity index (χ0) is 18.9. The molecule has 0 radical (unpaired) electrons. The zero-order valence-corrected chi connectivity index (χ0v) is 16.0. The molecule has 0 spiro atoms. The first-order valence-corrected chi connectivity index (χ1v) is 9.50. The highest BCUT2D eigenvalue weighted by atomic mass is 16.2. The van der Waals surface area contributed by atoms with Gasteiger partial charge in [-0.05, 0) is 17.7 Å². The van der Waals surface area contributed by atoms with E-state index < -0.39 is 0 Å². The van der Waals surface area contributed by atoms with Crippen molar-refractivity contribution in [2.24, 2.45) is 5.41 Å². The van der Waals surface area contributed by atoms with E-state index in [-0.39, 0.29) is 17.4 Å². The van der Waals surface area contributed by atoms with Gasteiger partial charge in [-0.2, -0.15) is 0 Å². The Balaban J connectivity index is 1.51. The van der Waals surface area contributed by atoms with Gasteiger partial charge in [-0.15, -0.1) is 0 Å². The highest BCUT2D eigenvalue weighted by Gasteiger charge is 2.50. The van der Waals surface area contributed by atoms with Crippen LogP contribution in [0.15, 0.2) is 67.3 Å². The van der Waals surface area contributed by atoms with Gasteiger partial charge in [0.1, 0.15) is 5.82 Å². The molecule has 1 aliphatic heterocycles. The van der Waals surface area contributed by atoms with Crippen molar-refractivity contribution in [2.45, 2.75) is 39.4 Å². The molecule has 3 aromatic rings. The summed E-state index contributed by atoms with van der Waals surface area (Å²) in [5.41, 5.74) is 1.27. The van der Waals surface area contributed by atoms with Gasteiger partial charge in [0.15, 0.2) is 0 Å². The number of amides is 1. The maximum Gasteiger partial charge on any atom is 0.225 e. The number of aryl methyl sites for hydroxylation is 1. The number of aromatic nitrogens is 3. The van der Waals surface area contributed by atoms with Crippen molar-refractivity contribution < 1.29 is 4.79 Å². The van der Waals surface area contributed by atoms with Gasteiger partial charge >= 0.3 is 0 Å². The molecule has 27 heavy (non-hydrogen) atoms. The summed E-state index contributed by atoms with van der Waals surface area (Å²) in [5, 5.41) is 0. The van der Waals surface area contributed by atoms with Gasteiger partial charge in [0.2, 0.25) is 5.91 Å². The quantitative estimate of drug-likeness (QED) is 0.670. The number of carbonyl (C=O) groups is 1. The van der Waals surface area contributed by atoms with Crippen LogP contribution in [0.1, 0.15) is 37.7 Å². The standard InChI is InChI=1S/C22H26N4O/c1-22(2)17-26(19(27)10-14-24-12-6-7-13-24)20(22)21-23-11-15-25(21)16-18-8-4-3-5-9-18/h3-9,11-13,15,20H,10,14,16-17H2,1-2H3. The molecular formula is C22H26N4O. The molecule has 0 bridgehead atoms. The van der Waals surface area contributed by atoms with Gasteiger partial charge in [0.25, 0.3) is 0 Å². The maximum absolute atomic E-state index is 12.9. The largest absolute Gasteiger partial charge is 0.354 e. The van der Waals surface area contributed by atoms with Crippen molar-refractivity contribution >= 4 is 5.91 Å². The summed E-state index contributed by atoms with van der Waals surface area (Å²) < 4.78 is 4.22. The molecule has 1 unspecified atom stereocenters. The average molecular weight is 362 g/mol. The van der Waals surface area contributed by atoms with Crippen molar-refractivity contribution in [3.05, 3.63) is 78.6 Å². The second-order valence-corrected chi connectivity index (χ2v) is 7.98. The molecule has 0 N–H and O–H groups in total. The Morgan fingerprint density at radius 3 is 2.56 bits per heavy atom. The van der Waals surface area contributed by atoms with Crippen LogP contribution in [0.3, 0.4) is 0 Å². The van der Waals surface area contributed by atoms with Crippen molar-refractivity contribution in [3.8, 4) is 0 Å². The third-order valence-corrected chi connectivity index (χ3v) is 5.39. The van der Waals surface area contributed by atoms with E-state index in [1.807, 2.05) is 52.5 Å². The van der Waals surface area contributed by atoms with E-state index in [1.54, 1.807) is 0 Å². The second-order valence-electron chi connectivity index (χ2n) is 7.98. The molecule has 5 heteroatoms. The van der Waals surface area contributed by atoms with Gasteiger partial charge in [0, 0.05) is 56.3 Å². The predicted molar refractivity (Wildman–Crippen MR) is 105 cm³/mol. The van der Waals surface area contributed by atoms with Crippen LogP contribution in [0.5, 0.6) is 0 Å². The van der Waals surface area contributed by atoms with E-state index in [2.05, 4.69) is 47.7 Å². The topological polar surface area (TPSA) is 43.1 Å². The number of likely N-dealkylation sites (tertiary alicyclic amines) is 1. The molecule has 1 amide bonds. The third-order valence-electron chi connectivity index (χ3n) is 5.39. The molecule has 2 aromatic heterocycles. The molecule has 1 saturated heterocycles. The SMILES string of the molecule is CC1(C)CN(C(=O)CCn2cccc2)C1c1nccn1Cc1ccccc1. The normalized spacial score (nSPS) is 18.3. The van der Waals surface area contributed by atoms with E-state index >= 15 is 0 Å². The number of benzene rings is 1. The van der Waals surface area contributed by atoms with Crippen LogP contribution in [-0.2, 0) is 17.9 Å². The van der Waals surface area contributed by atoms with Crippen LogP contribution in [0, 0.1) is 5.41 Å². The lowest BCUT2D eigenvalue weighted by Crippen LogP contribution is -2.58. The van der Waals surface area contributed by atoms with Crippen LogP contribution >= 0.6 is 0 Å². The summed E-state index contributed by atoms with van der Waals surface area (Å²) in [5.74, 6) is 1.17. The van der Waals surface area contributed by atoms with Gasteiger partial charge in [-0.3, -0.25) is 4.79 Å². The van der Waals surface area contributed by atoms with Crippen molar-refractivity contribution in [2.75, 3.05) is 6.54 Å². The van der Waals surface area contributed by atoms with E-state index in [4.69, 9.17) is 0 Å². The van der Waals surface area contributed by atoms with Crippen LogP contribution in [0.25, 0.3) is 0 Å². The second kappa shape index (κ2) is 7.06. The molecular weight excluding hydrogens is 336 g/mol. The van der Waals surface area contributed by atoms with E-state index in [1.165, 1.54) is 5.56 Å². The lowest BCUT2D eigenvalue weighted by atomic mass is 9.74. The summed E-state index contributed by atoms with van der Waals surface area (Å²) in [6.07, 6.45) is 8.36. The highest BCUT2D eigenvalue weighted by Crippen LogP contribution is 2.48. The lowest BCUT2D eigenvalue weighted by molar-refractivity contribution is -0.153. The lowest BCUT2D eigenvalue weighted by Gasteiger charge is -2.53. The van der Waals surface area contributed by atoms with Gasteiger partial charge in [-0.25, -0.2) is 4.98 Å². The predicted octanol–water partition coefficient (Wildman–Crippen LogP) is 3.73. The fourth-order valence-corrected chi connectivity index (χ4v) is 4.02. The van der Waals surface area contributed by atoms with Crippen molar-refractivity contribution in [3.63, 3.8) is 0 Å². The molecule has 1 aromatic carbocycles. The number of rotatable bonds is 6. The van der Waals surface area contributed by atoms with Crippen LogP contribution < -0.4 is 0 Å². The molecule has 4 rings (SSSR count). The molecule has 3 heterocycles.